The van der Waals surface area contributed by atoms with Gasteiger partial charge in [0, 0.05) is 24.1 Å². The second kappa shape index (κ2) is 7.21. The van der Waals surface area contributed by atoms with Gasteiger partial charge in [-0.05, 0) is 12.5 Å². The van der Waals surface area contributed by atoms with Crippen molar-refractivity contribution in [2.45, 2.75) is 24.4 Å². The zero-order chi connectivity index (χ0) is 17.8. The first kappa shape index (κ1) is 16.8. The molecular weight excluding hydrogens is 346 g/mol. The Kier molecular flexibility index (Phi) is 4.84. The molecule has 11 heteroatoms. The van der Waals surface area contributed by atoms with Crippen LogP contribution in [0.2, 0.25) is 0 Å². The van der Waals surface area contributed by atoms with Crippen LogP contribution in [0.3, 0.4) is 0 Å². The number of aromatic nitrogens is 6. The van der Waals surface area contributed by atoms with E-state index >= 15 is 0 Å². The fourth-order valence-corrected chi connectivity index (χ4v) is 2.66. The fraction of sp³-hybridized carbons (Fsp3) is 0.214. The summed E-state index contributed by atoms with van der Waals surface area (Å²) in [5, 5.41) is 26.8. The summed E-state index contributed by atoms with van der Waals surface area (Å²) in [5.74, 6) is 0.480. The van der Waals surface area contributed by atoms with Crippen LogP contribution < -0.4 is 5.56 Å². The molecule has 0 fully saturated rings. The molecule has 0 spiro atoms. The molecule has 10 nitrogen and oxygen atoms in total. The lowest BCUT2D eigenvalue weighted by Gasteiger charge is -2.00. The van der Waals surface area contributed by atoms with E-state index in [-0.39, 0.29) is 11.2 Å². The fourth-order valence-electron chi connectivity index (χ4n) is 1.98. The number of thioether (sulfide) groups is 1. The predicted molar refractivity (Wildman–Crippen MR) is 89.2 cm³/mol. The molecule has 0 saturated carbocycles. The first-order chi connectivity index (χ1) is 12.0. The summed E-state index contributed by atoms with van der Waals surface area (Å²) in [7, 11) is 0. The van der Waals surface area contributed by atoms with Gasteiger partial charge in [-0.1, -0.05) is 29.1 Å². The quantitative estimate of drug-likeness (QED) is 0.396. The third-order valence-electron chi connectivity index (χ3n) is 3.27. The number of nitrogens with one attached hydrogen (secondary N) is 1. The first-order valence-corrected chi connectivity index (χ1v) is 8.18. The van der Waals surface area contributed by atoms with Gasteiger partial charge in [-0.25, -0.2) is 4.68 Å². The summed E-state index contributed by atoms with van der Waals surface area (Å²) in [5.41, 5.74) is 1.70. The molecule has 0 atom stereocenters. The van der Waals surface area contributed by atoms with Crippen molar-refractivity contribution in [2.75, 3.05) is 0 Å². The maximum absolute atomic E-state index is 11.5. The van der Waals surface area contributed by atoms with Crippen molar-refractivity contribution in [1.82, 2.24) is 30.2 Å². The molecule has 0 aliphatic rings. The number of nitro groups is 1. The lowest BCUT2D eigenvalue weighted by molar-refractivity contribution is -0.384. The lowest BCUT2D eigenvalue weighted by Crippen LogP contribution is -2.14. The number of aromatic amines is 1. The van der Waals surface area contributed by atoms with Gasteiger partial charge in [0.2, 0.25) is 0 Å². The predicted octanol–water partition coefficient (Wildman–Crippen LogP) is 1.31. The highest BCUT2D eigenvalue weighted by atomic mass is 32.2. The summed E-state index contributed by atoms with van der Waals surface area (Å²) in [6.45, 7) is 2.04. The van der Waals surface area contributed by atoms with E-state index in [2.05, 4.69) is 25.5 Å². The van der Waals surface area contributed by atoms with Crippen LogP contribution in [0.1, 0.15) is 17.0 Å². The summed E-state index contributed by atoms with van der Waals surface area (Å²) in [4.78, 5) is 24.3. The normalized spacial score (nSPS) is 10.8. The summed E-state index contributed by atoms with van der Waals surface area (Å²) >= 11 is 1.30. The standard InChI is InChI=1S/C14H13N7O3S/c1-9-13(22)15-14(18-16-9)25-8-11-7-20(19-17-11)6-10-2-4-12(5-3-10)21(23)24/h2-5,7H,6,8H2,1H3,(H,15,18,22). The SMILES string of the molecule is Cc1nnc(SCc2cn(Cc3ccc([N+](=O)[O-])cc3)nn2)[nH]c1=O. The molecular formula is C14H13N7O3S. The molecule has 2 heterocycles. The van der Waals surface area contributed by atoms with Gasteiger partial charge < -0.3 is 0 Å². The van der Waals surface area contributed by atoms with Crippen molar-refractivity contribution in [1.29, 1.82) is 0 Å². The van der Waals surface area contributed by atoms with Gasteiger partial charge in [0.05, 0.1) is 17.2 Å². The van der Waals surface area contributed by atoms with Crippen molar-refractivity contribution in [2.24, 2.45) is 0 Å². The number of non-ortho nitro benzene ring substituents is 1. The van der Waals surface area contributed by atoms with Gasteiger partial charge in [-0.3, -0.25) is 19.9 Å². The third kappa shape index (κ3) is 4.26. The zero-order valence-electron chi connectivity index (χ0n) is 13.1. The van der Waals surface area contributed by atoms with Crippen LogP contribution in [0.5, 0.6) is 0 Å². The zero-order valence-corrected chi connectivity index (χ0v) is 13.9. The Labute approximate surface area is 145 Å². The lowest BCUT2D eigenvalue weighted by atomic mass is 10.2. The molecule has 3 rings (SSSR count). The van der Waals surface area contributed by atoms with E-state index in [1.807, 2.05) is 0 Å². The van der Waals surface area contributed by atoms with Gasteiger partial charge in [0.1, 0.15) is 5.69 Å². The second-order valence-electron chi connectivity index (χ2n) is 5.16. The molecule has 25 heavy (non-hydrogen) atoms. The van der Waals surface area contributed by atoms with Gasteiger partial charge in [-0.2, -0.15) is 0 Å². The Hall–Kier alpha value is -3.08. The molecule has 0 bridgehead atoms. The van der Waals surface area contributed by atoms with Crippen molar-refractivity contribution in [3.8, 4) is 0 Å². The largest absolute Gasteiger partial charge is 0.298 e. The molecule has 0 radical (unpaired) electrons. The molecule has 3 aromatic rings. The van der Waals surface area contributed by atoms with Crippen LogP contribution in [0.4, 0.5) is 5.69 Å². The van der Waals surface area contributed by atoms with Crippen molar-refractivity contribution < 1.29 is 4.92 Å². The Bertz CT molecular complexity index is 952. The van der Waals surface area contributed by atoms with Gasteiger partial charge in [-0.15, -0.1) is 15.3 Å². The van der Waals surface area contributed by atoms with Crippen molar-refractivity contribution >= 4 is 17.4 Å². The Balaban J connectivity index is 1.61. The van der Waals surface area contributed by atoms with E-state index in [0.29, 0.717) is 23.1 Å². The number of nitro benzene ring substituents is 1. The number of H-pyrrole nitrogens is 1. The first-order valence-electron chi connectivity index (χ1n) is 7.20. The van der Waals surface area contributed by atoms with Crippen LogP contribution in [0.15, 0.2) is 40.4 Å². The monoisotopic (exact) mass is 359 g/mol. The molecule has 0 aliphatic carbocycles. The maximum Gasteiger partial charge on any atom is 0.273 e. The third-order valence-corrected chi connectivity index (χ3v) is 4.17. The number of benzene rings is 1. The van der Waals surface area contributed by atoms with E-state index in [9.17, 15) is 14.9 Å². The summed E-state index contributed by atoms with van der Waals surface area (Å²) in [6.07, 6.45) is 1.77. The average Bonchev–Trinajstić information content (AvgIpc) is 3.04. The maximum atomic E-state index is 11.5. The number of aryl methyl sites for hydroxylation is 1. The Morgan fingerprint density at radius 1 is 1.24 bits per heavy atom. The number of nitrogens with zero attached hydrogens (tertiary/aromatic N) is 6. The highest BCUT2D eigenvalue weighted by molar-refractivity contribution is 7.98. The topological polar surface area (TPSA) is 132 Å². The van der Waals surface area contributed by atoms with Crippen molar-refractivity contribution in [3.05, 3.63) is 67.9 Å². The molecule has 0 saturated heterocycles. The minimum Gasteiger partial charge on any atom is -0.298 e. The molecule has 1 N–H and O–H groups in total. The van der Waals surface area contributed by atoms with Crippen LogP contribution in [-0.4, -0.2) is 35.1 Å². The van der Waals surface area contributed by atoms with Crippen molar-refractivity contribution in [3.63, 3.8) is 0 Å². The second-order valence-corrected chi connectivity index (χ2v) is 6.13. The summed E-state index contributed by atoms with van der Waals surface area (Å²) in [6, 6.07) is 6.27. The number of hydrogen-bond acceptors (Lipinski definition) is 8. The molecule has 0 amide bonds. The van der Waals surface area contributed by atoms with Crippen LogP contribution in [0.25, 0.3) is 0 Å². The minimum atomic E-state index is -0.438. The molecule has 0 unspecified atom stereocenters. The van der Waals surface area contributed by atoms with Gasteiger partial charge in [0.25, 0.3) is 11.2 Å². The highest BCUT2D eigenvalue weighted by Crippen LogP contribution is 2.16. The van der Waals surface area contributed by atoms with E-state index in [1.54, 1.807) is 29.9 Å². The molecule has 1 aromatic carbocycles. The molecule has 0 aliphatic heterocycles. The van der Waals surface area contributed by atoms with Crippen LogP contribution in [-0.2, 0) is 12.3 Å². The van der Waals surface area contributed by atoms with E-state index in [4.69, 9.17) is 0 Å². The number of rotatable bonds is 6. The van der Waals surface area contributed by atoms with E-state index in [0.717, 1.165) is 11.3 Å². The minimum absolute atomic E-state index is 0.0487. The molecule has 2 aromatic heterocycles. The summed E-state index contributed by atoms with van der Waals surface area (Å²) < 4.78 is 1.64. The Morgan fingerprint density at radius 2 is 2.00 bits per heavy atom. The molecule has 128 valence electrons. The smallest absolute Gasteiger partial charge is 0.273 e. The Morgan fingerprint density at radius 3 is 2.68 bits per heavy atom. The van der Waals surface area contributed by atoms with Crippen LogP contribution >= 0.6 is 11.8 Å². The van der Waals surface area contributed by atoms with E-state index < -0.39 is 4.92 Å². The van der Waals surface area contributed by atoms with Gasteiger partial charge in [0.15, 0.2) is 5.16 Å². The van der Waals surface area contributed by atoms with E-state index in [1.165, 1.54) is 23.9 Å². The average molecular weight is 359 g/mol. The number of hydrogen-bond donors (Lipinski definition) is 1. The van der Waals surface area contributed by atoms with Crippen LogP contribution in [0, 0.1) is 17.0 Å². The van der Waals surface area contributed by atoms with Gasteiger partial charge >= 0.3 is 0 Å². The highest BCUT2D eigenvalue weighted by Gasteiger charge is 2.07.